The van der Waals surface area contributed by atoms with Gasteiger partial charge in [-0.05, 0) is 55.7 Å². The van der Waals surface area contributed by atoms with Gasteiger partial charge in [-0.15, -0.1) is 0 Å². The van der Waals surface area contributed by atoms with E-state index in [-0.39, 0.29) is 30.6 Å². The van der Waals surface area contributed by atoms with Gasteiger partial charge in [0.1, 0.15) is 12.1 Å². The Morgan fingerprint density at radius 3 is 2.44 bits per heavy atom. The highest BCUT2D eigenvalue weighted by Crippen LogP contribution is 2.51. The predicted octanol–water partition coefficient (Wildman–Crippen LogP) is 6.05. The number of rotatable bonds is 8. The highest BCUT2D eigenvalue weighted by Gasteiger charge is 2.60. The Morgan fingerprint density at radius 2 is 1.86 bits per heavy atom. The van der Waals surface area contributed by atoms with E-state index in [1.807, 2.05) is 52.0 Å². The molecule has 8 nitrogen and oxygen atoms in total. The van der Waals surface area contributed by atoms with E-state index in [0.717, 1.165) is 30.0 Å². The summed E-state index contributed by atoms with van der Waals surface area (Å²) in [5.41, 5.74) is 0.214. The number of aromatic nitrogens is 1. The van der Waals surface area contributed by atoms with Crippen LogP contribution in [0.5, 0.6) is 5.88 Å². The second-order valence-electron chi connectivity index (χ2n) is 12.2. The number of carbonyl (C=O) groups is 2. The summed E-state index contributed by atoms with van der Waals surface area (Å²) in [6, 6.07) is 6.72. The molecule has 0 saturated carbocycles. The smallest absolute Gasteiger partial charge is 0.417 e. The summed E-state index contributed by atoms with van der Waals surface area (Å²) < 4.78 is 64.1. The molecule has 0 unspecified atom stereocenters. The maximum atomic E-state index is 14.3. The van der Waals surface area contributed by atoms with Crippen LogP contribution in [0.4, 0.5) is 13.2 Å². The number of halogens is 3. The van der Waals surface area contributed by atoms with Crippen molar-refractivity contribution in [3.8, 4) is 5.88 Å². The summed E-state index contributed by atoms with van der Waals surface area (Å²) in [4.78, 5) is 33.5. The van der Waals surface area contributed by atoms with Gasteiger partial charge in [-0.25, -0.2) is 9.78 Å². The van der Waals surface area contributed by atoms with Crippen molar-refractivity contribution in [2.45, 2.75) is 91.0 Å². The Hall–Kier alpha value is -3.18. The van der Waals surface area contributed by atoms with Crippen molar-refractivity contribution in [2.24, 2.45) is 11.3 Å². The summed E-state index contributed by atoms with van der Waals surface area (Å²) in [5.74, 6) is -1.48. The first kappa shape index (κ1) is 32.7. The summed E-state index contributed by atoms with van der Waals surface area (Å²) >= 11 is 0. The lowest BCUT2D eigenvalue weighted by Crippen LogP contribution is -2.51. The summed E-state index contributed by atoms with van der Waals surface area (Å²) in [6.45, 7) is 9.73. The highest BCUT2D eigenvalue weighted by molar-refractivity contribution is 5.89. The fourth-order valence-electron chi connectivity index (χ4n) is 6.28. The van der Waals surface area contributed by atoms with Crippen LogP contribution < -0.4 is 4.74 Å². The van der Waals surface area contributed by atoms with Crippen molar-refractivity contribution in [1.29, 1.82) is 0 Å². The van der Waals surface area contributed by atoms with Crippen molar-refractivity contribution in [2.75, 3.05) is 20.3 Å². The van der Waals surface area contributed by atoms with E-state index in [0.29, 0.717) is 19.2 Å². The maximum absolute atomic E-state index is 14.3. The lowest BCUT2D eigenvalue weighted by Gasteiger charge is -2.36. The minimum Gasteiger partial charge on any atom is -0.481 e. The molecule has 1 amide bonds. The molecule has 43 heavy (non-hydrogen) atoms. The Kier molecular flexibility index (Phi) is 10.1. The fraction of sp³-hybridized carbons (Fsp3) is 0.594. The number of methoxy groups -OCH3 is 1. The predicted molar refractivity (Wildman–Crippen MR) is 152 cm³/mol. The molecule has 0 aliphatic carbocycles. The van der Waals surface area contributed by atoms with E-state index in [4.69, 9.17) is 18.9 Å². The Bertz CT molecular complexity index is 1290. The first-order chi connectivity index (χ1) is 20.3. The van der Waals surface area contributed by atoms with E-state index in [9.17, 15) is 22.8 Å². The van der Waals surface area contributed by atoms with Crippen LogP contribution in [0.15, 0.2) is 36.5 Å². The number of nitrogens with zero attached hydrogens (tertiary/aromatic N) is 2. The summed E-state index contributed by atoms with van der Waals surface area (Å²) in [6.07, 6.45) is -3.26. The molecule has 2 aromatic rings. The van der Waals surface area contributed by atoms with Gasteiger partial charge in [0.05, 0.1) is 38.0 Å². The molecule has 1 aromatic heterocycles. The molecule has 236 valence electrons. The van der Waals surface area contributed by atoms with Gasteiger partial charge >= 0.3 is 12.1 Å². The molecule has 4 rings (SSSR count). The molecular weight excluding hydrogens is 565 g/mol. The lowest BCUT2D eigenvalue weighted by atomic mass is 9.73. The molecule has 1 aromatic carbocycles. The lowest BCUT2D eigenvalue weighted by molar-refractivity contribution is -0.162. The third-order valence-electron chi connectivity index (χ3n) is 8.23. The number of likely N-dealkylation sites (tertiary alicyclic amines) is 1. The van der Waals surface area contributed by atoms with Crippen LogP contribution in [0.3, 0.4) is 0 Å². The molecule has 5 atom stereocenters. The van der Waals surface area contributed by atoms with Crippen LogP contribution in [0, 0.1) is 18.3 Å². The number of alkyl halides is 3. The zero-order chi connectivity index (χ0) is 31.5. The van der Waals surface area contributed by atoms with Gasteiger partial charge in [0.25, 0.3) is 5.91 Å². The number of esters is 1. The highest BCUT2D eigenvalue weighted by atomic mass is 19.4. The normalized spacial score (nSPS) is 24.6. The van der Waals surface area contributed by atoms with E-state index < -0.39 is 53.3 Å². The number of pyridine rings is 1. The largest absolute Gasteiger partial charge is 0.481 e. The second-order valence-corrected chi connectivity index (χ2v) is 12.2. The first-order valence-corrected chi connectivity index (χ1v) is 14.7. The SMILES string of the molecule is CCOC(=O)[C@@H]1[C@@H](C(C)(C)C)[C@H](OCc2cc(C(F)(F)F)cnc2OC)[C@H](c2ccccc2C)N1C(=O)[C@@H]1CCCCO1. The van der Waals surface area contributed by atoms with Gasteiger partial charge in [0.15, 0.2) is 0 Å². The van der Waals surface area contributed by atoms with Crippen LogP contribution >= 0.6 is 0 Å². The molecule has 2 aliphatic rings. The second kappa shape index (κ2) is 13.2. The summed E-state index contributed by atoms with van der Waals surface area (Å²) in [7, 11) is 1.32. The van der Waals surface area contributed by atoms with Crippen LogP contribution in [0.1, 0.15) is 75.3 Å². The third-order valence-corrected chi connectivity index (χ3v) is 8.23. The molecule has 0 spiro atoms. The Labute approximate surface area is 250 Å². The molecule has 0 N–H and O–H groups in total. The first-order valence-electron chi connectivity index (χ1n) is 14.7. The number of amides is 1. The minimum absolute atomic E-state index is 0.00349. The van der Waals surface area contributed by atoms with Gasteiger partial charge in [0.2, 0.25) is 5.88 Å². The van der Waals surface area contributed by atoms with E-state index >= 15 is 0 Å². The van der Waals surface area contributed by atoms with Crippen molar-refractivity contribution in [3.63, 3.8) is 0 Å². The minimum atomic E-state index is -4.61. The van der Waals surface area contributed by atoms with Crippen LogP contribution in [-0.4, -0.2) is 60.3 Å². The zero-order valence-electron chi connectivity index (χ0n) is 25.6. The monoisotopic (exact) mass is 606 g/mol. The van der Waals surface area contributed by atoms with E-state index in [2.05, 4.69) is 4.98 Å². The number of aryl methyl sites for hydroxylation is 1. The topological polar surface area (TPSA) is 87.2 Å². The molecule has 2 aliphatic heterocycles. The van der Waals surface area contributed by atoms with Crippen molar-refractivity contribution >= 4 is 11.9 Å². The average Bonchev–Trinajstić information content (AvgIpc) is 3.31. The quantitative estimate of drug-likeness (QED) is 0.338. The molecule has 11 heteroatoms. The van der Waals surface area contributed by atoms with E-state index in [1.54, 1.807) is 11.8 Å². The number of benzene rings is 1. The molecule has 3 heterocycles. The fourth-order valence-corrected chi connectivity index (χ4v) is 6.28. The van der Waals surface area contributed by atoms with Crippen LogP contribution in [0.25, 0.3) is 0 Å². The molecule has 2 fully saturated rings. The van der Waals surface area contributed by atoms with Crippen molar-refractivity contribution in [3.05, 3.63) is 58.8 Å². The van der Waals surface area contributed by atoms with Crippen molar-refractivity contribution < 1.29 is 41.7 Å². The number of ether oxygens (including phenoxy) is 4. The van der Waals surface area contributed by atoms with Gasteiger partial charge in [-0.2, -0.15) is 13.2 Å². The van der Waals surface area contributed by atoms with Gasteiger partial charge in [-0.1, -0.05) is 45.0 Å². The number of carbonyl (C=O) groups excluding carboxylic acids is 2. The van der Waals surface area contributed by atoms with Gasteiger partial charge < -0.3 is 23.8 Å². The van der Waals surface area contributed by atoms with Crippen LogP contribution in [-0.2, 0) is 36.6 Å². The average molecular weight is 607 g/mol. The third kappa shape index (κ3) is 6.98. The Balaban J connectivity index is 1.87. The molecule has 0 radical (unpaired) electrons. The van der Waals surface area contributed by atoms with Crippen LogP contribution in [0.2, 0.25) is 0 Å². The summed E-state index contributed by atoms with van der Waals surface area (Å²) in [5, 5.41) is 0. The Morgan fingerprint density at radius 1 is 1.14 bits per heavy atom. The number of hydrogen-bond donors (Lipinski definition) is 0. The van der Waals surface area contributed by atoms with Gasteiger partial charge in [-0.3, -0.25) is 4.79 Å². The zero-order valence-corrected chi connectivity index (χ0v) is 25.6. The van der Waals surface area contributed by atoms with Gasteiger partial charge in [0, 0.05) is 24.3 Å². The van der Waals surface area contributed by atoms with E-state index in [1.165, 1.54) is 7.11 Å². The molecular formula is C32H41F3N2O6. The molecule has 2 saturated heterocycles. The standard InChI is InChI=1S/C32H41F3N2O6/c1-7-41-30(39)26-24(31(3,4)5)27(43-18-20-16-21(32(33,34)35)17-36-28(20)40-6)25(22-13-9-8-12-19(22)2)37(26)29(38)23-14-10-11-15-42-23/h8-9,12-13,16-17,23-27H,7,10-11,14-15,18H2,1-6H3/t23-,24+,25-,26-,27-/m0/s1. The number of hydrogen-bond acceptors (Lipinski definition) is 7. The molecule has 0 bridgehead atoms. The maximum Gasteiger partial charge on any atom is 0.417 e. The van der Waals surface area contributed by atoms with Crippen molar-refractivity contribution in [1.82, 2.24) is 9.88 Å².